The van der Waals surface area contributed by atoms with Gasteiger partial charge in [-0.1, -0.05) is 12.1 Å². The number of nitrogens with zero attached hydrogens (tertiary/aromatic N) is 2. The van der Waals surface area contributed by atoms with Gasteiger partial charge in [-0.2, -0.15) is 17.5 Å². The van der Waals surface area contributed by atoms with E-state index >= 15 is 0 Å². The van der Waals surface area contributed by atoms with Gasteiger partial charge in [0.25, 0.3) is 5.91 Å². The van der Waals surface area contributed by atoms with Crippen LogP contribution in [0.5, 0.6) is 0 Å². The fraction of sp³-hybridized carbons (Fsp3) is 0.389. The second-order valence-electron chi connectivity index (χ2n) is 6.39. The monoisotopic (exact) mass is 432 g/mol. The van der Waals surface area contributed by atoms with Crippen LogP contribution in [0.2, 0.25) is 0 Å². The Morgan fingerprint density at radius 3 is 2.38 bits per heavy atom. The minimum absolute atomic E-state index is 0.0343. The van der Waals surface area contributed by atoms with E-state index in [1.54, 1.807) is 6.07 Å². The molecule has 1 aliphatic rings. The lowest BCUT2D eigenvalue weighted by Gasteiger charge is -2.34. The highest BCUT2D eigenvalue weighted by molar-refractivity contribution is 7.89. The molecule has 29 heavy (non-hydrogen) atoms. The van der Waals surface area contributed by atoms with Gasteiger partial charge in [-0.05, 0) is 24.3 Å². The van der Waals surface area contributed by atoms with Gasteiger partial charge in [0.15, 0.2) is 5.76 Å². The SMILES string of the molecule is COCc1ccc(C(=O)N2CCN(S(=O)(=O)c3ccccc3C(F)(F)F)CC2)o1. The molecule has 11 heteroatoms. The minimum Gasteiger partial charge on any atom is -0.453 e. The van der Waals surface area contributed by atoms with Gasteiger partial charge in [0, 0.05) is 33.3 Å². The summed E-state index contributed by atoms with van der Waals surface area (Å²) in [6.07, 6.45) is -4.79. The van der Waals surface area contributed by atoms with Crippen LogP contribution in [-0.2, 0) is 27.5 Å². The van der Waals surface area contributed by atoms with Crippen molar-refractivity contribution in [2.24, 2.45) is 0 Å². The third kappa shape index (κ3) is 4.46. The topological polar surface area (TPSA) is 80.1 Å². The van der Waals surface area contributed by atoms with E-state index in [0.717, 1.165) is 22.5 Å². The first-order valence-corrected chi connectivity index (χ1v) is 10.1. The van der Waals surface area contributed by atoms with Crippen molar-refractivity contribution in [1.29, 1.82) is 0 Å². The van der Waals surface area contributed by atoms with E-state index in [0.29, 0.717) is 5.76 Å². The molecule has 3 rings (SSSR count). The maximum Gasteiger partial charge on any atom is 0.417 e. The van der Waals surface area contributed by atoms with Crippen LogP contribution < -0.4 is 0 Å². The maximum absolute atomic E-state index is 13.2. The normalized spacial score (nSPS) is 16.2. The highest BCUT2D eigenvalue weighted by atomic mass is 32.2. The van der Waals surface area contributed by atoms with E-state index in [1.165, 1.54) is 24.1 Å². The van der Waals surface area contributed by atoms with E-state index in [4.69, 9.17) is 9.15 Å². The average Bonchev–Trinajstić information content (AvgIpc) is 3.16. The Balaban J connectivity index is 1.72. The molecule has 158 valence electrons. The van der Waals surface area contributed by atoms with Gasteiger partial charge in [0.2, 0.25) is 10.0 Å². The maximum atomic E-state index is 13.2. The zero-order chi connectivity index (χ0) is 21.2. The van der Waals surface area contributed by atoms with Gasteiger partial charge in [0.1, 0.15) is 12.4 Å². The molecule has 2 heterocycles. The summed E-state index contributed by atoms with van der Waals surface area (Å²) < 4.78 is 76.4. The predicted molar refractivity (Wildman–Crippen MR) is 95.5 cm³/mol. The number of hydrogen-bond acceptors (Lipinski definition) is 5. The number of carbonyl (C=O) groups is 1. The molecule has 0 saturated carbocycles. The largest absolute Gasteiger partial charge is 0.453 e. The van der Waals surface area contributed by atoms with Crippen LogP contribution in [-0.4, -0.2) is 56.8 Å². The van der Waals surface area contributed by atoms with Crippen LogP contribution in [0.3, 0.4) is 0 Å². The molecule has 1 saturated heterocycles. The van der Waals surface area contributed by atoms with Gasteiger partial charge in [-0.15, -0.1) is 0 Å². The summed E-state index contributed by atoms with van der Waals surface area (Å²) in [6.45, 7) is 0.0365. The third-order valence-electron chi connectivity index (χ3n) is 4.50. The van der Waals surface area contributed by atoms with Gasteiger partial charge in [-0.25, -0.2) is 8.42 Å². The Labute approximate surface area is 165 Å². The molecule has 0 N–H and O–H groups in total. The Hall–Kier alpha value is -2.37. The third-order valence-corrected chi connectivity index (χ3v) is 6.45. The van der Waals surface area contributed by atoms with Crippen molar-refractivity contribution < 1.29 is 35.5 Å². The number of alkyl halides is 3. The number of piperazine rings is 1. The molecule has 0 bridgehead atoms. The number of furan rings is 1. The van der Waals surface area contributed by atoms with Crippen LogP contribution >= 0.6 is 0 Å². The molecule has 1 aromatic carbocycles. The van der Waals surface area contributed by atoms with Crippen molar-refractivity contribution in [2.45, 2.75) is 17.7 Å². The Morgan fingerprint density at radius 1 is 1.10 bits per heavy atom. The molecule has 7 nitrogen and oxygen atoms in total. The number of hydrogen-bond donors (Lipinski definition) is 0. The molecule has 0 radical (unpaired) electrons. The summed E-state index contributed by atoms with van der Waals surface area (Å²) in [6, 6.07) is 7.16. The first-order valence-electron chi connectivity index (χ1n) is 8.68. The van der Waals surface area contributed by atoms with E-state index < -0.39 is 32.6 Å². The molecule has 2 aromatic rings. The predicted octanol–water partition coefficient (Wildman–Crippen LogP) is 2.59. The van der Waals surface area contributed by atoms with Crippen molar-refractivity contribution in [2.75, 3.05) is 33.3 Å². The van der Waals surface area contributed by atoms with Gasteiger partial charge >= 0.3 is 6.18 Å². The Morgan fingerprint density at radius 2 is 1.76 bits per heavy atom. The van der Waals surface area contributed by atoms with Crippen molar-refractivity contribution in [3.8, 4) is 0 Å². The molecule has 0 atom stereocenters. The molecule has 1 amide bonds. The lowest BCUT2D eigenvalue weighted by Crippen LogP contribution is -2.50. The van der Waals surface area contributed by atoms with E-state index in [2.05, 4.69) is 0 Å². The number of halogens is 3. The molecule has 0 aliphatic carbocycles. The van der Waals surface area contributed by atoms with Gasteiger partial charge in [-0.3, -0.25) is 4.79 Å². The number of benzene rings is 1. The molecule has 0 unspecified atom stereocenters. The van der Waals surface area contributed by atoms with Crippen LogP contribution in [0, 0.1) is 0 Å². The summed E-state index contributed by atoms with van der Waals surface area (Å²) in [5.74, 6) is 0.150. The van der Waals surface area contributed by atoms with E-state index in [-0.39, 0.29) is 38.5 Å². The lowest BCUT2D eigenvalue weighted by molar-refractivity contribution is -0.139. The molecular formula is C18H19F3N2O5S. The molecular weight excluding hydrogens is 413 g/mol. The average molecular weight is 432 g/mol. The Kier molecular flexibility index (Phi) is 6.01. The highest BCUT2D eigenvalue weighted by Gasteiger charge is 2.40. The van der Waals surface area contributed by atoms with E-state index in [1.807, 2.05) is 0 Å². The molecule has 0 spiro atoms. The quantitative estimate of drug-likeness (QED) is 0.726. The number of sulfonamides is 1. The summed E-state index contributed by atoms with van der Waals surface area (Å²) in [7, 11) is -2.87. The van der Waals surface area contributed by atoms with Crippen molar-refractivity contribution in [3.63, 3.8) is 0 Å². The molecule has 1 fully saturated rings. The van der Waals surface area contributed by atoms with Crippen LogP contribution in [0.25, 0.3) is 0 Å². The van der Waals surface area contributed by atoms with Gasteiger partial charge in [0.05, 0.1) is 10.5 Å². The van der Waals surface area contributed by atoms with Crippen LogP contribution in [0.1, 0.15) is 21.9 Å². The second-order valence-corrected chi connectivity index (χ2v) is 8.30. The summed E-state index contributed by atoms with van der Waals surface area (Å²) in [5.41, 5.74) is -1.21. The van der Waals surface area contributed by atoms with E-state index in [9.17, 15) is 26.4 Å². The number of carbonyl (C=O) groups excluding carboxylic acids is 1. The highest BCUT2D eigenvalue weighted by Crippen LogP contribution is 2.35. The smallest absolute Gasteiger partial charge is 0.417 e. The zero-order valence-electron chi connectivity index (χ0n) is 15.5. The number of methoxy groups -OCH3 is 1. The zero-order valence-corrected chi connectivity index (χ0v) is 16.3. The minimum atomic E-state index is -4.79. The first-order chi connectivity index (χ1) is 13.6. The standard InChI is InChI=1S/C18H19F3N2O5S/c1-27-12-13-6-7-15(28-13)17(24)22-8-10-23(11-9-22)29(25,26)16-5-3-2-4-14(16)18(19,20)21/h2-7H,8-12H2,1H3. The van der Waals surface area contributed by atoms with Gasteiger partial charge < -0.3 is 14.1 Å². The van der Waals surface area contributed by atoms with Crippen molar-refractivity contribution in [1.82, 2.24) is 9.21 Å². The molecule has 1 aliphatic heterocycles. The second kappa shape index (κ2) is 8.17. The molecule has 1 aromatic heterocycles. The van der Waals surface area contributed by atoms with Crippen LogP contribution in [0.4, 0.5) is 13.2 Å². The van der Waals surface area contributed by atoms with Crippen molar-refractivity contribution in [3.05, 3.63) is 53.5 Å². The fourth-order valence-corrected chi connectivity index (χ4v) is 4.70. The number of amides is 1. The first kappa shape index (κ1) is 21.3. The number of rotatable bonds is 5. The summed E-state index contributed by atoms with van der Waals surface area (Å²) >= 11 is 0. The Bertz CT molecular complexity index is 979. The summed E-state index contributed by atoms with van der Waals surface area (Å²) in [5, 5.41) is 0. The lowest BCUT2D eigenvalue weighted by atomic mass is 10.2. The van der Waals surface area contributed by atoms with Crippen molar-refractivity contribution >= 4 is 15.9 Å². The number of ether oxygens (including phenoxy) is 1. The summed E-state index contributed by atoms with van der Waals surface area (Å²) in [4.78, 5) is 13.1. The van der Waals surface area contributed by atoms with Crippen LogP contribution in [0.15, 0.2) is 45.7 Å². The fourth-order valence-electron chi connectivity index (χ4n) is 3.06.